The number of hydrogen-bond donors (Lipinski definition) is 2. The Balaban J connectivity index is 1.65. The summed E-state index contributed by atoms with van der Waals surface area (Å²) in [7, 11) is 0. The van der Waals surface area contributed by atoms with Crippen LogP contribution in [-0.4, -0.2) is 21.0 Å². The summed E-state index contributed by atoms with van der Waals surface area (Å²) in [6.07, 6.45) is 0. The van der Waals surface area contributed by atoms with Gasteiger partial charge in [-0.15, -0.1) is 0 Å². The van der Waals surface area contributed by atoms with Crippen LogP contribution in [0.5, 0.6) is 0 Å². The fourth-order valence-corrected chi connectivity index (χ4v) is 2.98. The molecule has 0 aliphatic carbocycles. The molecule has 0 saturated carbocycles. The van der Waals surface area contributed by atoms with Gasteiger partial charge in [0, 0.05) is 11.1 Å². The van der Waals surface area contributed by atoms with Crippen LogP contribution in [0.25, 0.3) is 22.3 Å². The molecule has 4 aromatic rings. The van der Waals surface area contributed by atoms with Crippen LogP contribution in [0.4, 0.5) is 5.82 Å². The minimum absolute atomic E-state index is 0.163. The second kappa shape index (κ2) is 7.94. The van der Waals surface area contributed by atoms with Gasteiger partial charge >= 0.3 is 0 Å². The van der Waals surface area contributed by atoms with Crippen molar-refractivity contribution in [3.8, 4) is 11.3 Å². The number of aromatic nitrogens is 2. The van der Waals surface area contributed by atoms with Crippen molar-refractivity contribution < 1.29 is 4.79 Å². The van der Waals surface area contributed by atoms with Gasteiger partial charge in [0.05, 0.1) is 11.0 Å². The maximum absolute atomic E-state index is 12.3. The van der Waals surface area contributed by atoms with Crippen LogP contribution < -0.4 is 10.6 Å². The van der Waals surface area contributed by atoms with E-state index in [2.05, 4.69) is 15.6 Å². The van der Waals surface area contributed by atoms with Crippen LogP contribution >= 0.6 is 12.2 Å². The Morgan fingerprint density at radius 3 is 2.00 bits per heavy atom. The Morgan fingerprint density at radius 2 is 1.32 bits per heavy atom. The fraction of sp³-hybridized carbons (Fsp3) is 0. The molecular formula is C22H16N4OS. The highest BCUT2D eigenvalue weighted by atomic mass is 32.1. The minimum Gasteiger partial charge on any atom is -0.315 e. The van der Waals surface area contributed by atoms with Crippen molar-refractivity contribution in [2.45, 2.75) is 0 Å². The molecule has 0 fully saturated rings. The third-order valence-electron chi connectivity index (χ3n) is 4.11. The summed E-state index contributed by atoms with van der Waals surface area (Å²) in [6.45, 7) is 0. The van der Waals surface area contributed by atoms with E-state index in [-0.39, 0.29) is 11.0 Å². The van der Waals surface area contributed by atoms with E-state index in [1.807, 2.05) is 60.7 Å². The van der Waals surface area contributed by atoms with Gasteiger partial charge in [0.15, 0.2) is 10.9 Å². The van der Waals surface area contributed by atoms with Crippen molar-refractivity contribution >= 4 is 40.1 Å². The van der Waals surface area contributed by atoms with Gasteiger partial charge in [0.25, 0.3) is 5.91 Å². The zero-order valence-electron chi connectivity index (χ0n) is 14.8. The highest BCUT2D eigenvalue weighted by Crippen LogP contribution is 2.26. The fourth-order valence-electron chi connectivity index (χ4n) is 2.79. The van der Waals surface area contributed by atoms with Crippen LogP contribution in [0.1, 0.15) is 10.4 Å². The number of carbonyl (C=O) groups excluding carboxylic acids is 1. The SMILES string of the molecule is O=C(NC(=S)Nc1nc2ccccc2nc1-c1ccccc1)c1ccccc1. The maximum Gasteiger partial charge on any atom is 0.257 e. The first-order chi connectivity index (χ1) is 13.7. The molecule has 0 radical (unpaired) electrons. The van der Waals surface area contributed by atoms with Crippen molar-refractivity contribution in [3.63, 3.8) is 0 Å². The molecule has 0 bridgehead atoms. The summed E-state index contributed by atoms with van der Waals surface area (Å²) in [5.41, 5.74) is 3.61. The molecular weight excluding hydrogens is 368 g/mol. The largest absolute Gasteiger partial charge is 0.315 e. The van der Waals surface area contributed by atoms with Crippen molar-refractivity contribution in [1.82, 2.24) is 15.3 Å². The number of nitrogens with zero attached hydrogens (tertiary/aromatic N) is 2. The van der Waals surface area contributed by atoms with Gasteiger partial charge in [-0.25, -0.2) is 9.97 Å². The van der Waals surface area contributed by atoms with Gasteiger partial charge in [-0.05, 0) is 36.5 Å². The predicted octanol–water partition coefficient (Wildman–Crippen LogP) is 4.42. The molecule has 0 saturated heterocycles. The maximum atomic E-state index is 12.3. The van der Waals surface area contributed by atoms with Crippen LogP contribution in [-0.2, 0) is 0 Å². The lowest BCUT2D eigenvalue weighted by Crippen LogP contribution is -2.34. The van der Waals surface area contributed by atoms with Gasteiger partial charge < -0.3 is 5.32 Å². The van der Waals surface area contributed by atoms with E-state index in [0.717, 1.165) is 16.6 Å². The van der Waals surface area contributed by atoms with Gasteiger partial charge in [-0.3, -0.25) is 10.1 Å². The molecule has 28 heavy (non-hydrogen) atoms. The average Bonchev–Trinajstić information content (AvgIpc) is 2.74. The normalized spacial score (nSPS) is 10.4. The Bertz CT molecular complexity index is 1150. The van der Waals surface area contributed by atoms with E-state index in [1.54, 1.807) is 24.3 Å². The average molecular weight is 384 g/mol. The summed E-state index contributed by atoms with van der Waals surface area (Å²) in [6, 6.07) is 26.2. The number of benzene rings is 3. The van der Waals surface area contributed by atoms with E-state index in [0.29, 0.717) is 17.1 Å². The lowest BCUT2D eigenvalue weighted by Gasteiger charge is -2.13. The summed E-state index contributed by atoms with van der Waals surface area (Å²) < 4.78 is 0. The second-order valence-electron chi connectivity index (χ2n) is 6.05. The molecule has 0 spiro atoms. The second-order valence-corrected chi connectivity index (χ2v) is 6.46. The molecule has 136 valence electrons. The standard InChI is InChI=1S/C22H16N4OS/c27-21(16-11-5-2-6-12-16)26-22(28)25-20-19(15-9-3-1-4-10-15)23-17-13-7-8-14-18(17)24-20/h1-14H,(H2,24,25,26,27,28). The highest BCUT2D eigenvalue weighted by Gasteiger charge is 2.14. The molecule has 0 aliphatic rings. The summed E-state index contributed by atoms with van der Waals surface area (Å²) in [5, 5.41) is 5.88. The Hall–Kier alpha value is -3.64. The van der Waals surface area contributed by atoms with E-state index in [1.165, 1.54) is 0 Å². The Kier molecular flexibility index (Phi) is 5.03. The van der Waals surface area contributed by atoms with E-state index >= 15 is 0 Å². The van der Waals surface area contributed by atoms with E-state index in [9.17, 15) is 4.79 Å². The number of rotatable bonds is 3. The Morgan fingerprint density at radius 1 is 0.750 bits per heavy atom. The summed E-state index contributed by atoms with van der Waals surface area (Å²) in [4.78, 5) is 21.7. The molecule has 6 heteroatoms. The van der Waals surface area contributed by atoms with Gasteiger partial charge in [0.2, 0.25) is 0 Å². The van der Waals surface area contributed by atoms with Gasteiger partial charge in [-0.2, -0.15) is 0 Å². The zero-order chi connectivity index (χ0) is 19.3. The number of thiocarbonyl (C=S) groups is 1. The number of nitrogens with one attached hydrogen (secondary N) is 2. The molecule has 1 heterocycles. The third-order valence-corrected chi connectivity index (χ3v) is 4.32. The molecule has 0 atom stereocenters. The van der Waals surface area contributed by atoms with E-state index < -0.39 is 0 Å². The number of para-hydroxylation sites is 2. The molecule has 2 N–H and O–H groups in total. The van der Waals surface area contributed by atoms with E-state index in [4.69, 9.17) is 17.2 Å². The highest BCUT2D eigenvalue weighted by molar-refractivity contribution is 7.80. The van der Waals surface area contributed by atoms with Crippen LogP contribution in [0.3, 0.4) is 0 Å². The van der Waals surface area contributed by atoms with Crippen LogP contribution in [0, 0.1) is 0 Å². The Labute approximate surface area is 167 Å². The molecule has 4 rings (SSSR count). The first-order valence-electron chi connectivity index (χ1n) is 8.70. The summed E-state index contributed by atoms with van der Waals surface area (Å²) in [5.74, 6) is 0.205. The molecule has 0 aliphatic heterocycles. The summed E-state index contributed by atoms with van der Waals surface area (Å²) >= 11 is 5.33. The smallest absolute Gasteiger partial charge is 0.257 e. The first-order valence-corrected chi connectivity index (χ1v) is 9.11. The van der Waals surface area contributed by atoms with Crippen molar-refractivity contribution in [2.75, 3.05) is 5.32 Å². The third kappa shape index (κ3) is 3.87. The number of fused-ring (bicyclic) bond motifs is 1. The molecule has 5 nitrogen and oxygen atoms in total. The quantitative estimate of drug-likeness (QED) is 0.512. The number of carbonyl (C=O) groups is 1. The molecule has 1 aromatic heterocycles. The molecule has 1 amide bonds. The monoisotopic (exact) mass is 384 g/mol. The van der Waals surface area contributed by atoms with Crippen molar-refractivity contribution in [3.05, 3.63) is 90.5 Å². The number of amides is 1. The van der Waals surface area contributed by atoms with Crippen molar-refractivity contribution in [2.24, 2.45) is 0 Å². The van der Waals surface area contributed by atoms with Crippen LogP contribution in [0.2, 0.25) is 0 Å². The lowest BCUT2D eigenvalue weighted by atomic mass is 10.1. The van der Waals surface area contributed by atoms with Crippen molar-refractivity contribution in [1.29, 1.82) is 0 Å². The van der Waals surface area contributed by atoms with Crippen LogP contribution in [0.15, 0.2) is 84.9 Å². The van der Waals surface area contributed by atoms with Gasteiger partial charge in [-0.1, -0.05) is 60.7 Å². The lowest BCUT2D eigenvalue weighted by molar-refractivity contribution is 0.0977. The minimum atomic E-state index is -0.284. The molecule has 0 unspecified atom stereocenters. The molecule has 3 aromatic carbocycles. The van der Waals surface area contributed by atoms with Gasteiger partial charge in [0.1, 0.15) is 5.69 Å². The number of hydrogen-bond acceptors (Lipinski definition) is 4. The zero-order valence-corrected chi connectivity index (χ0v) is 15.6. The number of anilines is 1. The first kappa shape index (κ1) is 17.8. The predicted molar refractivity (Wildman–Crippen MR) is 115 cm³/mol. The topological polar surface area (TPSA) is 66.9 Å².